The molecule has 2 aromatic heterocycles. The molecule has 3 aromatic rings. The predicted molar refractivity (Wildman–Crippen MR) is 114 cm³/mol. The summed E-state index contributed by atoms with van der Waals surface area (Å²) in [5.74, 6) is 0.731. The summed E-state index contributed by atoms with van der Waals surface area (Å²) in [6, 6.07) is 14.7. The van der Waals surface area contributed by atoms with Gasteiger partial charge in [-0.25, -0.2) is 9.50 Å². The van der Waals surface area contributed by atoms with E-state index in [2.05, 4.69) is 63.3 Å². The molecular formula is C23H29N5O2. The Morgan fingerprint density at radius 1 is 1.23 bits per heavy atom. The lowest BCUT2D eigenvalue weighted by atomic mass is 9.95. The highest BCUT2D eigenvalue weighted by atomic mass is 16.3. The molecule has 5 rings (SSSR count). The number of aromatic nitrogens is 3. The van der Waals surface area contributed by atoms with Crippen molar-refractivity contribution in [2.75, 3.05) is 39.8 Å². The van der Waals surface area contributed by atoms with Crippen LogP contribution in [0.25, 0.3) is 5.65 Å². The number of aliphatic hydroxyl groups excluding tert-OH is 2. The van der Waals surface area contributed by atoms with Crippen LogP contribution in [0.3, 0.4) is 0 Å². The summed E-state index contributed by atoms with van der Waals surface area (Å²) in [6.07, 6.45) is 3.15. The lowest BCUT2D eigenvalue weighted by molar-refractivity contribution is 0.114. The van der Waals surface area contributed by atoms with Crippen molar-refractivity contribution in [1.29, 1.82) is 0 Å². The number of hydrogen-bond donors (Lipinski definition) is 2. The van der Waals surface area contributed by atoms with E-state index >= 15 is 0 Å². The van der Waals surface area contributed by atoms with Gasteiger partial charge in [0.25, 0.3) is 0 Å². The van der Waals surface area contributed by atoms with E-state index in [1.165, 1.54) is 11.1 Å². The number of hydrogen-bond acceptors (Lipinski definition) is 6. The third-order valence-corrected chi connectivity index (χ3v) is 7.01. The highest BCUT2D eigenvalue weighted by molar-refractivity contribution is 5.40. The maximum atomic E-state index is 11.2. The predicted octanol–water partition coefficient (Wildman–Crippen LogP) is 1.23. The first-order chi connectivity index (χ1) is 14.6. The normalized spacial score (nSPS) is 28.7. The summed E-state index contributed by atoms with van der Waals surface area (Å²) in [4.78, 5) is 8.84. The van der Waals surface area contributed by atoms with Crippen molar-refractivity contribution < 1.29 is 10.2 Å². The van der Waals surface area contributed by atoms with Crippen LogP contribution in [-0.2, 0) is 6.54 Å². The topological polar surface area (TPSA) is 77.1 Å². The van der Waals surface area contributed by atoms with Crippen molar-refractivity contribution in [3.63, 3.8) is 0 Å². The number of β-amino-alcohol motifs (C(OH)–C–C–N with tert-alkyl or cyclic N) is 1. The number of likely N-dealkylation sites (N-methyl/N-ethyl adjacent to an activating group) is 1. The quantitative estimate of drug-likeness (QED) is 0.614. The summed E-state index contributed by atoms with van der Waals surface area (Å²) in [5, 5.41) is 24.7. The fourth-order valence-corrected chi connectivity index (χ4v) is 5.59. The summed E-state index contributed by atoms with van der Waals surface area (Å²) in [7, 11) is 2.05. The number of fused-ring (bicyclic) bond motifs is 1. The molecular weight excluding hydrogens is 378 g/mol. The number of aliphatic hydroxyl groups is 2. The zero-order valence-electron chi connectivity index (χ0n) is 17.3. The van der Waals surface area contributed by atoms with E-state index in [1.54, 1.807) is 10.8 Å². The Hall–Kier alpha value is -2.32. The highest BCUT2D eigenvalue weighted by Crippen LogP contribution is 2.69. The maximum absolute atomic E-state index is 11.2. The van der Waals surface area contributed by atoms with Gasteiger partial charge in [-0.2, -0.15) is 5.10 Å². The molecule has 158 valence electrons. The zero-order chi connectivity index (χ0) is 20.7. The van der Waals surface area contributed by atoms with Crippen molar-refractivity contribution in [3.8, 4) is 0 Å². The van der Waals surface area contributed by atoms with Crippen LogP contribution in [0.4, 0.5) is 0 Å². The van der Waals surface area contributed by atoms with Gasteiger partial charge in [-0.05, 0) is 42.1 Å². The molecule has 7 nitrogen and oxygen atoms in total. The number of nitrogens with zero attached hydrogens (tertiary/aromatic N) is 5. The molecule has 3 heterocycles. The molecule has 0 bridgehead atoms. The second kappa shape index (κ2) is 7.74. The Labute approximate surface area is 176 Å². The van der Waals surface area contributed by atoms with Gasteiger partial charge in [0.05, 0.1) is 12.7 Å². The van der Waals surface area contributed by atoms with Crippen LogP contribution in [0.1, 0.15) is 17.0 Å². The summed E-state index contributed by atoms with van der Waals surface area (Å²) in [6.45, 7) is 4.06. The molecule has 1 saturated carbocycles. The van der Waals surface area contributed by atoms with Crippen molar-refractivity contribution in [2.45, 2.75) is 18.6 Å². The summed E-state index contributed by atoms with van der Waals surface area (Å²) >= 11 is 0. The fraction of sp³-hybridized carbons (Fsp3) is 0.478. The van der Waals surface area contributed by atoms with Crippen LogP contribution in [0, 0.1) is 11.3 Å². The van der Waals surface area contributed by atoms with E-state index in [0.717, 1.165) is 25.3 Å². The molecule has 7 heteroatoms. The molecule has 2 aliphatic rings. The average molecular weight is 408 g/mol. The summed E-state index contributed by atoms with van der Waals surface area (Å²) < 4.78 is 1.77. The highest BCUT2D eigenvalue weighted by Gasteiger charge is 2.70. The molecule has 0 amide bonds. The van der Waals surface area contributed by atoms with Crippen molar-refractivity contribution in [2.24, 2.45) is 11.3 Å². The smallest absolute Gasteiger partial charge is 0.155 e. The van der Waals surface area contributed by atoms with Gasteiger partial charge >= 0.3 is 0 Å². The van der Waals surface area contributed by atoms with Crippen LogP contribution >= 0.6 is 0 Å². The fourth-order valence-electron chi connectivity index (χ4n) is 5.59. The third kappa shape index (κ3) is 3.32. The van der Waals surface area contributed by atoms with E-state index in [1.807, 2.05) is 12.3 Å². The lowest BCUT2D eigenvalue weighted by Gasteiger charge is -2.19. The molecule has 4 atom stereocenters. The molecule has 1 saturated heterocycles. The Balaban J connectivity index is 1.37. The molecule has 2 N–H and O–H groups in total. The molecule has 1 aromatic carbocycles. The molecule has 1 spiro atoms. The molecule has 1 aliphatic carbocycles. The molecule has 0 unspecified atom stereocenters. The Morgan fingerprint density at radius 2 is 2.07 bits per heavy atom. The first-order valence-corrected chi connectivity index (χ1v) is 10.6. The standard InChI is InChI=1S/C23H29N5O2/c1-26(9-10-29)13-19-22(18-5-3-2-4-6-18)23(19)15-27(14-20(23)30)12-17-7-8-28-21(11-17)24-16-25-28/h2-8,11,16,19-20,22,29-30H,9-10,12-15H2,1H3/t19-,20+,22-,23-/m1/s1. The first kappa shape index (κ1) is 19.6. The Kier molecular flexibility index (Phi) is 5.06. The Bertz CT molecular complexity index is 1010. The minimum absolute atomic E-state index is 0.121. The van der Waals surface area contributed by atoms with Gasteiger partial charge in [0.1, 0.15) is 6.33 Å². The minimum Gasteiger partial charge on any atom is -0.395 e. The maximum Gasteiger partial charge on any atom is 0.155 e. The van der Waals surface area contributed by atoms with Crippen LogP contribution < -0.4 is 0 Å². The molecule has 1 aliphatic heterocycles. The van der Waals surface area contributed by atoms with Crippen LogP contribution in [0.2, 0.25) is 0 Å². The van der Waals surface area contributed by atoms with E-state index in [0.29, 0.717) is 24.9 Å². The van der Waals surface area contributed by atoms with Gasteiger partial charge in [-0.15, -0.1) is 0 Å². The first-order valence-electron chi connectivity index (χ1n) is 10.6. The zero-order valence-corrected chi connectivity index (χ0v) is 17.3. The van der Waals surface area contributed by atoms with E-state index in [4.69, 9.17) is 0 Å². The lowest BCUT2D eigenvalue weighted by Crippen LogP contribution is -2.29. The van der Waals surface area contributed by atoms with Gasteiger partial charge in [-0.3, -0.25) is 4.90 Å². The monoisotopic (exact) mass is 407 g/mol. The summed E-state index contributed by atoms with van der Waals surface area (Å²) in [5.41, 5.74) is 3.22. The van der Waals surface area contributed by atoms with Gasteiger partial charge in [0.2, 0.25) is 0 Å². The van der Waals surface area contributed by atoms with Gasteiger partial charge < -0.3 is 15.1 Å². The van der Waals surface area contributed by atoms with E-state index in [9.17, 15) is 10.2 Å². The molecule has 0 radical (unpaired) electrons. The largest absolute Gasteiger partial charge is 0.395 e. The third-order valence-electron chi connectivity index (χ3n) is 7.01. The molecule has 30 heavy (non-hydrogen) atoms. The van der Waals surface area contributed by atoms with E-state index < -0.39 is 0 Å². The van der Waals surface area contributed by atoms with Crippen molar-refractivity contribution in [1.82, 2.24) is 24.4 Å². The average Bonchev–Trinajstić information content (AvgIpc) is 3.02. The number of likely N-dealkylation sites (tertiary alicyclic amines) is 1. The van der Waals surface area contributed by atoms with Crippen molar-refractivity contribution in [3.05, 3.63) is 66.1 Å². The van der Waals surface area contributed by atoms with Gasteiger partial charge in [0.15, 0.2) is 5.65 Å². The van der Waals surface area contributed by atoms with E-state index in [-0.39, 0.29) is 18.1 Å². The minimum atomic E-state index is -0.355. The second-order valence-corrected chi connectivity index (χ2v) is 8.88. The van der Waals surface area contributed by atoms with Crippen molar-refractivity contribution >= 4 is 5.65 Å². The number of pyridine rings is 1. The van der Waals surface area contributed by atoms with Crippen LogP contribution in [0.5, 0.6) is 0 Å². The van der Waals surface area contributed by atoms with Crippen LogP contribution in [0.15, 0.2) is 55.0 Å². The molecule has 2 fully saturated rings. The van der Waals surface area contributed by atoms with Gasteiger partial charge in [-0.1, -0.05) is 30.3 Å². The Morgan fingerprint density at radius 3 is 2.87 bits per heavy atom. The second-order valence-electron chi connectivity index (χ2n) is 8.88. The number of benzene rings is 1. The van der Waals surface area contributed by atoms with Gasteiger partial charge in [0, 0.05) is 44.3 Å². The number of rotatable bonds is 7. The van der Waals surface area contributed by atoms with Crippen LogP contribution in [-0.4, -0.2) is 80.5 Å². The SMILES string of the molecule is CN(CCO)C[C@@H]1[C@@H](c2ccccc2)[C@]12CN(Cc1ccn3ncnc3c1)C[C@@H]2O.